The molecule has 0 radical (unpaired) electrons. The van der Waals surface area contributed by atoms with E-state index in [2.05, 4.69) is 0 Å². The Kier molecular flexibility index (Phi) is 8.58. The zero-order valence-corrected chi connectivity index (χ0v) is 16.7. The van der Waals surface area contributed by atoms with E-state index in [1.54, 1.807) is 12.1 Å². The van der Waals surface area contributed by atoms with Gasteiger partial charge in [0.2, 0.25) is 0 Å². The van der Waals surface area contributed by atoms with Crippen LogP contribution in [0.15, 0.2) is 42.5 Å². The molecule has 0 aliphatic heterocycles. The van der Waals surface area contributed by atoms with Gasteiger partial charge in [0.05, 0.1) is 6.61 Å². The minimum absolute atomic E-state index is 0.255. The molecule has 5 N–H and O–H groups in total. The Morgan fingerprint density at radius 3 is 2.28 bits per heavy atom. The van der Waals surface area contributed by atoms with Crippen LogP contribution in [0.1, 0.15) is 29.7 Å². The van der Waals surface area contributed by atoms with Gasteiger partial charge in [0, 0.05) is 5.02 Å². The number of hydrogen-bond acceptors (Lipinski definition) is 7. The maximum Gasteiger partial charge on any atom is 0.189 e. The molecule has 0 aliphatic carbocycles. The summed E-state index contributed by atoms with van der Waals surface area (Å²) < 4.78 is 5.41. The maximum absolute atomic E-state index is 11.3. The summed E-state index contributed by atoms with van der Waals surface area (Å²) in [6.45, 7) is 1.47. The highest BCUT2D eigenvalue weighted by atomic mass is 35.5. The van der Waals surface area contributed by atoms with Crippen LogP contribution in [-0.4, -0.2) is 62.8 Å². The van der Waals surface area contributed by atoms with Crippen LogP contribution in [0.5, 0.6) is 5.75 Å². The van der Waals surface area contributed by atoms with Crippen molar-refractivity contribution in [1.82, 2.24) is 0 Å². The second kappa shape index (κ2) is 10.7. The van der Waals surface area contributed by atoms with Crippen molar-refractivity contribution < 1.29 is 35.1 Å². The second-order valence-corrected chi connectivity index (χ2v) is 7.01. The summed E-state index contributed by atoms with van der Waals surface area (Å²) in [5.74, 6) is -0.310. The summed E-state index contributed by atoms with van der Waals surface area (Å²) in [4.78, 5) is 11.3. The Bertz CT molecular complexity index is 809. The van der Waals surface area contributed by atoms with Crippen LogP contribution >= 0.6 is 11.6 Å². The van der Waals surface area contributed by atoms with E-state index >= 15 is 0 Å². The number of carbonyl (C=O) groups excluding carboxylic acids is 1. The second-order valence-electron chi connectivity index (χ2n) is 6.60. The largest absolute Gasteiger partial charge is 0.494 e. The lowest BCUT2D eigenvalue weighted by Crippen LogP contribution is -2.45. The summed E-state index contributed by atoms with van der Waals surface area (Å²) >= 11 is 6.25. The minimum atomic E-state index is -2.01. The van der Waals surface area contributed by atoms with Gasteiger partial charge in [-0.1, -0.05) is 35.9 Å². The Balaban J connectivity index is 2.17. The van der Waals surface area contributed by atoms with Gasteiger partial charge < -0.3 is 30.3 Å². The predicted molar refractivity (Wildman–Crippen MR) is 107 cm³/mol. The highest BCUT2D eigenvalue weighted by molar-refractivity contribution is 6.31. The highest BCUT2D eigenvalue weighted by Crippen LogP contribution is 2.27. The number of rotatable bonds is 10. The van der Waals surface area contributed by atoms with Crippen LogP contribution in [-0.2, 0) is 11.2 Å². The van der Waals surface area contributed by atoms with Crippen molar-refractivity contribution in [1.29, 1.82) is 0 Å². The molecule has 2 aromatic rings. The van der Waals surface area contributed by atoms with E-state index in [0.717, 1.165) is 11.3 Å². The average Bonchev–Trinajstić information content (AvgIpc) is 2.74. The number of hydrogen-bond donors (Lipinski definition) is 5. The van der Waals surface area contributed by atoms with Crippen LogP contribution in [0.4, 0.5) is 0 Å². The van der Waals surface area contributed by atoms with E-state index in [9.17, 15) is 25.2 Å². The van der Waals surface area contributed by atoms with Crippen molar-refractivity contribution in [2.45, 2.75) is 37.8 Å². The number of halogens is 1. The topological polar surface area (TPSA) is 127 Å². The number of carbonyl (C=O) groups is 1. The van der Waals surface area contributed by atoms with Gasteiger partial charge in [0.15, 0.2) is 5.78 Å². The average molecular weight is 425 g/mol. The quantitative estimate of drug-likeness (QED) is 0.385. The molecule has 0 fully saturated rings. The predicted octanol–water partition coefficient (Wildman–Crippen LogP) is 1.01. The van der Waals surface area contributed by atoms with Crippen molar-refractivity contribution in [3.8, 4) is 5.75 Å². The fourth-order valence-corrected chi connectivity index (χ4v) is 3.04. The zero-order valence-electron chi connectivity index (χ0n) is 15.9. The molecule has 158 valence electrons. The fourth-order valence-electron chi connectivity index (χ4n) is 2.86. The number of ketones is 1. The van der Waals surface area contributed by atoms with Crippen molar-refractivity contribution in [3.05, 3.63) is 64.2 Å². The normalized spacial score (nSPS) is 15.4. The Labute approximate surface area is 173 Å². The summed E-state index contributed by atoms with van der Waals surface area (Å²) in [6.07, 6.45) is -6.95. The minimum Gasteiger partial charge on any atom is -0.494 e. The SMILES string of the molecule is CCOc1ccc(Cc2cc(C(O)C(O)C(O)C(O)C(=O)CO)ccc2Cl)cc1. The van der Waals surface area contributed by atoms with Gasteiger partial charge >= 0.3 is 0 Å². The molecule has 0 saturated heterocycles. The van der Waals surface area contributed by atoms with Crippen molar-refractivity contribution >= 4 is 17.4 Å². The zero-order chi connectivity index (χ0) is 21.6. The lowest BCUT2D eigenvalue weighted by molar-refractivity contribution is -0.147. The number of aliphatic hydroxyl groups excluding tert-OH is 5. The summed E-state index contributed by atoms with van der Waals surface area (Å²) in [5.41, 5.74) is 1.89. The van der Waals surface area contributed by atoms with Gasteiger partial charge in [-0.15, -0.1) is 0 Å². The lowest BCUT2D eigenvalue weighted by Gasteiger charge is -2.26. The molecule has 2 aromatic carbocycles. The smallest absolute Gasteiger partial charge is 0.189 e. The fraction of sp³-hybridized carbons (Fsp3) is 0.381. The monoisotopic (exact) mass is 424 g/mol. The third-order valence-electron chi connectivity index (χ3n) is 4.52. The molecule has 29 heavy (non-hydrogen) atoms. The first-order valence-electron chi connectivity index (χ1n) is 9.14. The van der Waals surface area contributed by atoms with Crippen molar-refractivity contribution in [2.24, 2.45) is 0 Å². The maximum atomic E-state index is 11.3. The Morgan fingerprint density at radius 2 is 1.69 bits per heavy atom. The molecule has 0 aliphatic rings. The van der Waals surface area contributed by atoms with E-state index < -0.39 is 36.8 Å². The van der Waals surface area contributed by atoms with Crippen LogP contribution in [0, 0.1) is 0 Å². The van der Waals surface area contributed by atoms with Crippen LogP contribution in [0.25, 0.3) is 0 Å². The number of Topliss-reactive ketones (excluding diaryl/α,β-unsaturated/α-hetero) is 1. The molecule has 0 amide bonds. The molecule has 0 spiro atoms. The molecule has 4 atom stereocenters. The van der Waals surface area contributed by atoms with E-state index in [-0.39, 0.29) is 5.56 Å². The van der Waals surface area contributed by atoms with Crippen LogP contribution < -0.4 is 4.74 Å². The van der Waals surface area contributed by atoms with E-state index in [4.69, 9.17) is 21.4 Å². The van der Waals surface area contributed by atoms with Gasteiger partial charge in [-0.2, -0.15) is 0 Å². The van der Waals surface area contributed by atoms with E-state index in [0.29, 0.717) is 23.6 Å². The Morgan fingerprint density at radius 1 is 1.03 bits per heavy atom. The van der Waals surface area contributed by atoms with E-state index in [1.165, 1.54) is 6.07 Å². The molecular weight excluding hydrogens is 400 g/mol. The molecule has 0 heterocycles. The first-order chi connectivity index (χ1) is 13.8. The van der Waals surface area contributed by atoms with Crippen molar-refractivity contribution in [3.63, 3.8) is 0 Å². The molecule has 8 heteroatoms. The molecule has 0 aromatic heterocycles. The first kappa shape index (κ1) is 23.3. The van der Waals surface area contributed by atoms with Gasteiger partial charge in [-0.3, -0.25) is 4.79 Å². The summed E-state index contributed by atoms with van der Waals surface area (Å²) in [7, 11) is 0. The summed E-state index contributed by atoms with van der Waals surface area (Å²) in [5, 5.41) is 49.3. The number of ether oxygens (including phenoxy) is 1. The van der Waals surface area contributed by atoms with Crippen LogP contribution in [0.2, 0.25) is 5.02 Å². The molecule has 4 unspecified atom stereocenters. The van der Waals surface area contributed by atoms with Crippen LogP contribution in [0.3, 0.4) is 0 Å². The Hall–Kier alpha value is -2.00. The highest BCUT2D eigenvalue weighted by Gasteiger charge is 2.34. The van der Waals surface area contributed by atoms with Gasteiger partial charge in [-0.25, -0.2) is 0 Å². The lowest BCUT2D eigenvalue weighted by atomic mass is 9.93. The third kappa shape index (κ3) is 5.99. The molecule has 0 bridgehead atoms. The first-order valence-corrected chi connectivity index (χ1v) is 9.52. The van der Waals surface area contributed by atoms with Crippen molar-refractivity contribution in [2.75, 3.05) is 13.2 Å². The number of benzene rings is 2. The molecule has 7 nitrogen and oxygen atoms in total. The third-order valence-corrected chi connectivity index (χ3v) is 4.89. The van der Waals surface area contributed by atoms with Gasteiger partial charge in [0.25, 0.3) is 0 Å². The van der Waals surface area contributed by atoms with Gasteiger partial charge in [0.1, 0.15) is 36.8 Å². The van der Waals surface area contributed by atoms with Gasteiger partial charge in [-0.05, 0) is 48.2 Å². The summed E-state index contributed by atoms with van der Waals surface area (Å²) in [6, 6.07) is 12.1. The number of aliphatic hydroxyl groups is 5. The van der Waals surface area contributed by atoms with E-state index in [1.807, 2.05) is 31.2 Å². The molecule has 0 saturated carbocycles. The standard InChI is InChI=1S/C21H25ClO7/c1-2-29-15-6-3-12(4-7-15)9-14-10-13(5-8-16(14)22)18(25)20(27)21(28)19(26)17(24)11-23/h3-8,10,18-21,23,25-28H,2,9,11H2,1H3. The molecular formula is C21H25ClO7. The molecule has 2 rings (SSSR count).